The lowest BCUT2D eigenvalue weighted by Gasteiger charge is -2.38. The molecule has 2 aromatic rings. The fourth-order valence-electron chi connectivity index (χ4n) is 4.36. The Balaban J connectivity index is 1.59. The van der Waals surface area contributed by atoms with E-state index in [0.29, 0.717) is 28.7 Å². The maximum absolute atomic E-state index is 11.4. The lowest BCUT2D eigenvalue weighted by molar-refractivity contribution is 0.0701. The van der Waals surface area contributed by atoms with Gasteiger partial charge >= 0.3 is 5.97 Å². The molecule has 2 saturated heterocycles. The highest BCUT2D eigenvalue weighted by Crippen LogP contribution is 2.29. The molecule has 33 heavy (non-hydrogen) atoms. The Hall–Kier alpha value is -2.50. The summed E-state index contributed by atoms with van der Waals surface area (Å²) in [6.07, 6.45) is 1.86. The number of aryl methyl sites for hydroxylation is 1. The van der Waals surface area contributed by atoms with Crippen molar-refractivity contribution >= 4 is 40.0 Å². The van der Waals surface area contributed by atoms with Crippen LogP contribution in [0.15, 0.2) is 6.07 Å². The summed E-state index contributed by atoms with van der Waals surface area (Å²) in [5.74, 6) is 1.49. The number of aromatic nitrogens is 3. The molecular weight excluding hydrogens is 442 g/mol. The van der Waals surface area contributed by atoms with Gasteiger partial charge in [-0.25, -0.2) is 9.78 Å². The van der Waals surface area contributed by atoms with Crippen LogP contribution in [0.25, 0.3) is 0 Å². The molecule has 11 heteroatoms. The predicted molar refractivity (Wildman–Crippen MR) is 130 cm³/mol. The maximum Gasteiger partial charge on any atom is 0.347 e. The van der Waals surface area contributed by atoms with Crippen molar-refractivity contribution in [1.82, 2.24) is 19.9 Å². The third kappa shape index (κ3) is 5.53. The number of piperazine rings is 1. The lowest BCUT2D eigenvalue weighted by Crippen LogP contribution is -2.49. The second-order valence-electron chi connectivity index (χ2n) is 9.00. The molecule has 3 N–H and O–H groups in total. The average molecular weight is 476 g/mol. The van der Waals surface area contributed by atoms with Crippen LogP contribution >= 0.6 is 11.3 Å². The first-order valence-corrected chi connectivity index (χ1v) is 12.4. The molecule has 180 valence electrons. The molecule has 4 heterocycles. The highest BCUT2D eigenvalue weighted by Gasteiger charge is 2.24. The van der Waals surface area contributed by atoms with Crippen LogP contribution in [0.1, 0.15) is 42.1 Å². The minimum absolute atomic E-state index is 0.213. The van der Waals surface area contributed by atoms with Crippen LogP contribution in [-0.4, -0.2) is 88.0 Å². The number of carboxylic acid groups (broad SMARTS) is 1. The molecule has 0 spiro atoms. The number of piperidine rings is 1. The number of nitrogens with one attached hydrogen (secondary N) is 1. The van der Waals surface area contributed by atoms with E-state index in [0.717, 1.165) is 75.1 Å². The smallest absolute Gasteiger partial charge is 0.347 e. The maximum atomic E-state index is 11.4. The molecule has 2 aromatic heterocycles. The van der Waals surface area contributed by atoms with Gasteiger partial charge in [-0.3, -0.25) is 10.2 Å². The van der Waals surface area contributed by atoms with Crippen LogP contribution < -0.4 is 15.1 Å². The third-order valence-corrected chi connectivity index (χ3v) is 7.53. The number of aliphatic hydroxyl groups excluding tert-OH is 1. The van der Waals surface area contributed by atoms with E-state index >= 15 is 0 Å². The fraction of sp³-hybridized carbons (Fsp3) is 0.636. The van der Waals surface area contributed by atoms with Crippen LogP contribution in [0.3, 0.4) is 0 Å². The lowest BCUT2D eigenvalue weighted by atomic mass is 9.98. The second-order valence-corrected chi connectivity index (χ2v) is 10.0. The number of carboxylic acids is 1. The number of hydrogen-bond donors (Lipinski definition) is 3. The zero-order valence-electron chi connectivity index (χ0n) is 19.5. The van der Waals surface area contributed by atoms with Gasteiger partial charge in [0.1, 0.15) is 16.5 Å². The van der Waals surface area contributed by atoms with Gasteiger partial charge < -0.3 is 20.0 Å². The van der Waals surface area contributed by atoms with Crippen LogP contribution in [0.5, 0.6) is 0 Å². The van der Waals surface area contributed by atoms with E-state index in [4.69, 9.17) is 9.97 Å². The number of nitrogens with zero attached hydrogens (tertiary/aromatic N) is 6. The zero-order valence-corrected chi connectivity index (χ0v) is 20.3. The number of rotatable bonds is 7. The van der Waals surface area contributed by atoms with E-state index in [1.54, 1.807) is 6.92 Å². The molecular formula is C22H33N7O3S. The Bertz CT molecular complexity index is 967. The van der Waals surface area contributed by atoms with Gasteiger partial charge in [-0.15, -0.1) is 0 Å². The molecule has 10 nitrogen and oxygen atoms in total. The molecule has 0 amide bonds. The SMILES string of the molecule is Cc1nc(Nc2nc(N3CCC(CO)CC3)cc(N3CCN(C(C)C)CC3)n2)sc1C(=O)O. The predicted octanol–water partition coefficient (Wildman–Crippen LogP) is 2.42. The van der Waals surface area contributed by atoms with Crippen LogP contribution in [0.4, 0.5) is 22.7 Å². The Labute approximate surface area is 198 Å². The highest BCUT2D eigenvalue weighted by atomic mass is 32.1. The van der Waals surface area contributed by atoms with Crippen molar-refractivity contribution in [2.45, 2.75) is 39.7 Å². The normalized spacial score (nSPS) is 18.2. The molecule has 0 unspecified atom stereocenters. The molecule has 0 saturated carbocycles. The number of aliphatic hydroxyl groups is 1. The second kappa shape index (κ2) is 10.2. The van der Waals surface area contributed by atoms with Crippen molar-refractivity contribution in [2.24, 2.45) is 5.92 Å². The largest absolute Gasteiger partial charge is 0.477 e. The molecule has 4 rings (SSSR count). The van der Waals surface area contributed by atoms with Gasteiger partial charge in [0.25, 0.3) is 0 Å². The number of anilines is 4. The summed E-state index contributed by atoms with van der Waals surface area (Å²) in [6, 6.07) is 2.57. The first-order chi connectivity index (χ1) is 15.8. The third-order valence-electron chi connectivity index (χ3n) is 6.47. The number of carbonyl (C=O) groups is 1. The molecule has 0 aromatic carbocycles. The summed E-state index contributed by atoms with van der Waals surface area (Å²) in [5.41, 5.74) is 0.474. The quantitative estimate of drug-likeness (QED) is 0.551. The van der Waals surface area contributed by atoms with Gasteiger partial charge in [-0.2, -0.15) is 9.97 Å². The molecule has 2 fully saturated rings. The first kappa shape index (κ1) is 23.7. The standard InChI is InChI=1S/C22H33N7O3S/c1-14(2)27-8-10-29(11-9-27)18-12-17(28-6-4-16(13-30)5-7-28)24-21(25-18)26-22-23-15(3)19(33-22)20(31)32/h12,14,16,30H,4-11,13H2,1-3H3,(H,31,32)(H,23,24,25,26). The van der Waals surface area contributed by atoms with Gasteiger partial charge in [0.15, 0.2) is 5.13 Å². The Morgan fingerprint density at radius 1 is 1.09 bits per heavy atom. The van der Waals surface area contributed by atoms with Crippen LogP contribution in [-0.2, 0) is 0 Å². The Morgan fingerprint density at radius 3 is 2.21 bits per heavy atom. The van der Waals surface area contributed by atoms with Gasteiger partial charge in [-0.1, -0.05) is 11.3 Å². The molecule has 2 aliphatic rings. The van der Waals surface area contributed by atoms with E-state index in [9.17, 15) is 15.0 Å². The summed E-state index contributed by atoms with van der Waals surface area (Å²) in [4.78, 5) is 32.5. The number of aromatic carboxylic acids is 1. The molecule has 0 atom stereocenters. The van der Waals surface area contributed by atoms with Crippen molar-refractivity contribution in [1.29, 1.82) is 0 Å². The van der Waals surface area contributed by atoms with Gasteiger partial charge in [0.05, 0.1) is 5.69 Å². The van der Waals surface area contributed by atoms with Crippen molar-refractivity contribution in [2.75, 3.05) is 61.0 Å². The summed E-state index contributed by atoms with van der Waals surface area (Å²) < 4.78 is 0. The van der Waals surface area contributed by atoms with Gasteiger partial charge in [0, 0.05) is 58.0 Å². The van der Waals surface area contributed by atoms with E-state index in [2.05, 4.69) is 38.8 Å². The van der Waals surface area contributed by atoms with Crippen molar-refractivity contribution < 1.29 is 15.0 Å². The van der Waals surface area contributed by atoms with Gasteiger partial charge in [-0.05, 0) is 39.5 Å². The van der Waals surface area contributed by atoms with Crippen molar-refractivity contribution in [3.8, 4) is 0 Å². The van der Waals surface area contributed by atoms with Crippen LogP contribution in [0, 0.1) is 12.8 Å². The number of thiazole rings is 1. The van der Waals surface area contributed by atoms with Crippen molar-refractivity contribution in [3.63, 3.8) is 0 Å². The zero-order chi connectivity index (χ0) is 23.5. The minimum Gasteiger partial charge on any atom is -0.477 e. The molecule has 0 bridgehead atoms. The van der Waals surface area contributed by atoms with E-state index in [1.807, 2.05) is 6.07 Å². The summed E-state index contributed by atoms with van der Waals surface area (Å²) >= 11 is 1.09. The summed E-state index contributed by atoms with van der Waals surface area (Å²) in [7, 11) is 0. The van der Waals surface area contributed by atoms with E-state index in [-0.39, 0.29) is 11.5 Å². The van der Waals surface area contributed by atoms with E-state index in [1.165, 1.54) is 0 Å². The Kier molecular flexibility index (Phi) is 7.30. The minimum atomic E-state index is -0.983. The fourth-order valence-corrected chi connectivity index (χ4v) is 5.16. The average Bonchev–Trinajstić information content (AvgIpc) is 3.19. The topological polar surface area (TPSA) is 118 Å². The summed E-state index contributed by atoms with van der Waals surface area (Å²) in [6.45, 7) is 11.8. The number of hydrogen-bond acceptors (Lipinski definition) is 10. The molecule has 2 aliphatic heterocycles. The molecule has 0 aliphatic carbocycles. The Morgan fingerprint density at radius 2 is 1.70 bits per heavy atom. The van der Waals surface area contributed by atoms with Crippen LogP contribution in [0.2, 0.25) is 0 Å². The molecule has 0 radical (unpaired) electrons. The van der Waals surface area contributed by atoms with Crippen molar-refractivity contribution in [3.05, 3.63) is 16.6 Å². The van der Waals surface area contributed by atoms with E-state index < -0.39 is 5.97 Å². The van der Waals surface area contributed by atoms with Gasteiger partial charge in [0.2, 0.25) is 5.95 Å². The monoisotopic (exact) mass is 475 g/mol. The first-order valence-electron chi connectivity index (χ1n) is 11.6. The summed E-state index contributed by atoms with van der Waals surface area (Å²) in [5, 5.41) is 22.4. The highest BCUT2D eigenvalue weighted by molar-refractivity contribution is 7.17.